The van der Waals surface area contributed by atoms with E-state index in [0.717, 1.165) is 0 Å². The molecule has 14 unspecified atom stereocenters. The third-order valence-corrected chi connectivity index (χ3v) is 10.1. The largest absolute Gasteiger partial charge is 0.394 e. The number of ketones is 1. The number of fused-ring (bicyclic) bond motifs is 1. The molecule has 42 heavy (non-hydrogen) atoms. The molecule has 244 valence electrons. The molecular weight excluding hydrogens is 564 g/mol. The molecule has 2 saturated heterocycles. The minimum atomic E-state index is -2.15. The van der Waals surface area contributed by atoms with Gasteiger partial charge in [0.25, 0.3) is 0 Å². The Balaban J connectivity index is 1.57. The molecule has 0 spiro atoms. The van der Waals surface area contributed by atoms with Gasteiger partial charge in [-0.15, -0.1) is 0 Å². The van der Waals surface area contributed by atoms with Crippen molar-refractivity contribution in [2.24, 2.45) is 17.8 Å². The highest BCUT2D eigenvalue weighted by Gasteiger charge is 2.62. The Kier molecular flexibility index (Phi) is 9.82. The molecule has 0 amide bonds. The van der Waals surface area contributed by atoms with Gasteiger partial charge in [-0.3, -0.25) is 4.79 Å². The number of carbonyl (C=O) groups is 1. The third kappa shape index (κ3) is 5.78. The van der Waals surface area contributed by atoms with Crippen LogP contribution in [0.2, 0.25) is 0 Å². The van der Waals surface area contributed by atoms with Crippen molar-refractivity contribution in [2.75, 3.05) is 26.4 Å². The molecule has 0 aromatic heterocycles. The summed E-state index contributed by atoms with van der Waals surface area (Å²) in [6.07, 6.45) is -11.8. The predicted molar refractivity (Wildman–Crippen MR) is 138 cm³/mol. The molecule has 2 saturated carbocycles. The van der Waals surface area contributed by atoms with E-state index >= 15 is 0 Å². The van der Waals surface area contributed by atoms with E-state index in [1.54, 1.807) is 13.8 Å². The van der Waals surface area contributed by atoms with E-state index < -0.39 is 122 Å². The van der Waals surface area contributed by atoms with E-state index in [2.05, 4.69) is 0 Å². The first-order valence-corrected chi connectivity index (χ1v) is 14.3. The quantitative estimate of drug-likeness (QED) is 0.119. The van der Waals surface area contributed by atoms with Gasteiger partial charge in [-0.2, -0.15) is 0 Å². The molecule has 4 fully saturated rings. The Morgan fingerprint density at radius 3 is 2.14 bits per heavy atom. The van der Waals surface area contributed by atoms with Gasteiger partial charge in [-0.25, -0.2) is 0 Å². The van der Waals surface area contributed by atoms with Crippen LogP contribution in [0.5, 0.6) is 0 Å². The lowest BCUT2D eigenvalue weighted by Crippen LogP contribution is -2.61. The smallest absolute Gasteiger partial charge is 0.221 e. The fraction of sp³-hybridized carbons (Fsp3) is 0.963. The van der Waals surface area contributed by atoms with Gasteiger partial charge in [0.05, 0.1) is 31.0 Å². The average Bonchev–Trinajstić information content (AvgIpc) is 3.25. The summed E-state index contributed by atoms with van der Waals surface area (Å²) in [4.78, 5) is 12.9. The topological polar surface area (TPSA) is 256 Å². The third-order valence-electron chi connectivity index (χ3n) is 10.1. The summed E-state index contributed by atoms with van der Waals surface area (Å²) in [5.41, 5.74) is -4.75. The first kappa shape index (κ1) is 34.0. The standard InChI is InChI=1S/C27H46O15/c1-24(2,42-23-21(35)20(34)18(32)15(8-28)40-23)12-4-5-26(38,14-7-17(31)25(3,37)13(14)6-12)11-39-27(10-30)22(36)19(33)16(9-29)41-27/h12-16,18-23,28-30,32-38H,4-11H2,1-3H3. The number of hydrogen-bond acceptors (Lipinski definition) is 15. The van der Waals surface area contributed by atoms with E-state index in [9.17, 15) is 55.9 Å². The van der Waals surface area contributed by atoms with E-state index in [1.807, 2.05) is 0 Å². The normalized spacial score (nSPS) is 50.1. The monoisotopic (exact) mass is 610 g/mol. The van der Waals surface area contributed by atoms with Gasteiger partial charge in [-0.1, -0.05) is 0 Å². The van der Waals surface area contributed by atoms with Crippen molar-refractivity contribution in [2.45, 2.75) is 118 Å². The van der Waals surface area contributed by atoms with Crippen LogP contribution in [-0.2, 0) is 23.7 Å². The maximum Gasteiger partial charge on any atom is 0.221 e. The highest BCUT2D eigenvalue weighted by Crippen LogP contribution is 2.53. The second-order valence-electron chi connectivity index (χ2n) is 13.0. The minimum Gasteiger partial charge on any atom is -0.394 e. The number of aliphatic hydroxyl groups is 10. The molecule has 0 bridgehead atoms. The van der Waals surface area contributed by atoms with E-state index in [4.69, 9.17) is 18.9 Å². The predicted octanol–water partition coefficient (Wildman–Crippen LogP) is -4.11. The lowest BCUT2D eigenvalue weighted by molar-refractivity contribution is -0.329. The lowest BCUT2D eigenvalue weighted by Gasteiger charge is -2.45. The van der Waals surface area contributed by atoms with Crippen LogP contribution < -0.4 is 0 Å². The van der Waals surface area contributed by atoms with Crippen molar-refractivity contribution in [3.05, 3.63) is 0 Å². The van der Waals surface area contributed by atoms with Gasteiger partial charge < -0.3 is 70.0 Å². The SMILES string of the molecule is CC(C)(OC1OC(CO)C(O)C(O)C1O)C1CCC(O)(COC2(CO)OC(CO)C(O)C2O)C2CC(=O)C(C)(O)C2C1. The summed E-state index contributed by atoms with van der Waals surface area (Å²) in [6.45, 7) is 1.96. The van der Waals surface area contributed by atoms with Gasteiger partial charge in [0, 0.05) is 18.3 Å². The van der Waals surface area contributed by atoms with Gasteiger partial charge in [0.2, 0.25) is 5.79 Å². The zero-order valence-electron chi connectivity index (χ0n) is 24.0. The van der Waals surface area contributed by atoms with Gasteiger partial charge in [0.15, 0.2) is 12.1 Å². The molecule has 2 heterocycles. The minimum absolute atomic E-state index is 0.00719. The van der Waals surface area contributed by atoms with Gasteiger partial charge in [-0.05, 0) is 46.0 Å². The molecule has 2 aliphatic heterocycles. The van der Waals surface area contributed by atoms with Crippen LogP contribution in [0.3, 0.4) is 0 Å². The summed E-state index contributed by atoms with van der Waals surface area (Å²) in [6, 6.07) is 0. The second kappa shape index (κ2) is 12.1. The number of aliphatic hydroxyl groups excluding tert-OH is 8. The lowest BCUT2D eigenvalue weighted by atomic mass is 9.74. The van der Waals surface area contributed by atoms with Gasteiger partial charge >= 0.3 is 0 Å². The van der Waals surface area contributed by atoms with E-state index in [-0.39, 0.29) is 25.7 Å². The van der Waals surface area contributed by atoms with Crippen LogP contribution in [0.25, 0.3) is 0 Å². The molecule has 2 aliphatic carbocycles. The Bertz CT molecular complexity index is 960. The highest BCUT2D eigenvalue weighted by atomic mass is 16.7. The zero-order chi connectivity index (χ0) is 31.4. The van der Waals surface area contributed by atoms with E-state index in [0.29, 0.717) is 0 Å². The van der Waals surface area contributed by atoms with Crippen molar-refractivity contribution in [1.82, 2.24) is 0 Å². The molecule has 0 aromatic carbocycles. The first-order chi connectivity index (χ1) is 19.5. The Morgan fingerprint density at radius 2 is 1.57 bits per heavy atom. The first-order valence-electron chi connectivity index (χ1n) is 14.3. The molecule has 15 heteroatoms. The number of hydrogen-bond donors (Lipinski definition) is 10. The molecular formula is C27H46O15. The molecule has 15 nitrogen and oxygen atoms in total. The number of rotatable bonds is 9. The molecule has 4 rings (SSSR count). The maximum atomic E-state index is 12.9. The molecule has 14 atom stereocenters. The summed E-state index contributed by atoms with van der Waals surface area (Å²) >= 11 is 0. The summed E-state index contributed by atoms with van der Waals surface area (Å²) in [5.74, 6) is -4.72. The number of ether oxygens (including phenoxy) is 4. The van der Waals surface area contributed by atoms with Crippen molar-refractivity contribution < 1.29 is 74.8 Å². The molecule has 0 radical (unpaired) electrons. The summed E-state index contributed by atoms with van der Waals surface area (Å²) in [5, 5.41) is 104. The van der Waals surface area contributed by atoms with Crippen LogP contribution >= 0.6 is 0 Å². The fourth-order valence-electron chi connectivity index (χ4n) is 7.06. The number of carbonyl (C=O) groups excluding carboxylic acids is 1. The Labute approximate surface area is 243 Å². The molecule has 10 N–H and O–H groups in total. The highest BCUT2D eigenvalue weighted by molar-refractivity contribution is 5.89. The summed E-state index contributed by atoms with van der Waals surface area (Å²) in [7, 11) is 0. The van der Waals surface area contributed by atoms with Crippen LogP contribution in [0.15, 0.2) is 0 Å². The molecule has 0 aromatic rings. The second-order valence-corrected chi connectivity index (χ2v) is 13.0. The van der Waals surface area contributed by atoms with Crippen LogP contribution in [0.1, 0.15) is 46.5 Å². The Hall–Kier alpha value is -0.890. The maximum absolute atomic E-state index is 12.9. The van der Waals surface area contributed by atoms with Crippen molar-refractivity contribution in [3.8, 4) is 0 Å². The number of Topliss-reactive ketones (excluding diaryl/α,β-unsaturated/α-hetero) is 1. The average molecular weight is 611 g/mol. The summed E-state index contributed by atoms with van der Waals surface area (Å²) < 4.78 is 22.9. The Morgan fingerprint density at radius 1 is 0.929 bits per heavy atom. The van der Waals surface area contributed by atoms with Crippen molar-refractivity contribution in [3.63, 3.8) is 0 Å². The van der Waals surface area contributed by atoms with E-state index in [1.165, 1.54) is 6.92 Å². The van der Waals surface area contributed by atoms with Crippen molar-refractivity contribution in [1.29, 1.82) is 0 Å². The fourth-order valence-corrected chi connectivity index (χ4v) is 7.06. The van der Waals surface area contributed by atoms with Gasteiger partial charge in [0.1, 0.15) is 54.9 Å². The molecule has 4 aliphatic rings. The van der Waals surface area contributed by atoms with Crippen LogP contribution in [0, 0.1) is 17.8 Å². The zero-order valence-corrected chi connectivity index (χ0v) is 24.0. The van der Waals surface area contributed by atoms with Crippen LogP contribution in [-0.4, -0.2) is 155 Å². The van der Waals surface area contributed by atoms with Crippen molar-refractivity contribution >= 4 is 5.78 Å². The van der Waals surface area contributed by atoms with Crippen LogP contribution in [0.4, 0.5) is 0 Å².